The molecular weight excluding hydrogens is 318 g/mol. The highest BCUT2D eigenvalue weighted by atomic mass is 16.5. The van der Waals surface area contributed by atoms with E-state index in [0.29, 0.717) is 23.0 Å². The van der Waals surface area contributed by atoms with Crippen molar-refractivity contribution in [1.29, 1.82) is 0 Å². The van der Waals surface area contributed by atoms with Crippen molar-refractivity contribution in [2.24, 2.45) is 0 Å². The molecule has 1 aromatic heterocycles. The van der Waals surface area contributed by atoms with Crippen LogP contribution in [0.3, 0.4) is 0 Å². The van der Waals surface area contributed by atoms with Gasteiger partial charge in [0.25, 0.3) is 5.89 Å². The Morgan fingerprint density at radius 2 is 2.00 bits per heavy atom. The van der Waals surface area contributed by atoms with Gasteiger partial charge in [0.1, 0.15) is 5.75 Å². The molecule has 2 aromatic carbocycles. The molecule has 1 N–H and O–H groups in total. The third-order valence-corrected chi connectivity index (χ3v) is 3.79. The summed E-state index contributed by atoms with van der Waals surface area (Å²) in [4.78, 5) is 16.5. The number of methoxy groups -OCH3 is 1. The van der Waals surface area contributed by atoms with Crippen molar-refractivity contribution in [3.63, 3.8) is 0 Å². The van der Waals surface area contributed by atoms with Crippen molar-refractivity contribution < 1.29 is 14.1 Å². The Labute approximate surface area is 145 Å². The van der Waals surface area contributed by atoms with E-state index in [1.165, 1.54) is 0 Å². The largest absolute Gasteiger partial charge is 0.496 e. The average molecular weight is 337 g/mol. The Morgan fingerprint density at radius 3 is 2.80 bits per heavy atom. The molecule has 1 amide bonds. The van der Waals surface area contributed by atoms with Gasteiger partial charge in [-0.1, -0.05) is 29.4 Å². The molecular formula is C19H19N3O3. The summed E-state index contributed by atoms with van der Waals surface area (Å²) in [7, 11) is 1.58. The fraction of sp³-hybridized carbons (Fsp3) is 0.211. The van der Waals surface area contributed by atoms with E-state index in [4.69, 9.17) is 9.26 Å². The molecule has 0 atom stereocenters. The number of aromatic nitrogens is 2. The van der Waals surface area contributed by atoms with Gasteiger partial charge in [0.15, 0.2) is 5.82 Å². The van der Waals surface area contributed by atoms with Gasteiger partial charge in [-0.3, -0.25) is 4.79 Å². The van der Waals surface area contributed by atoms with Crippen molar-refractivity contribution >= 4 is 11.6 Å². The number of aryl methyl sites for hydroxylation is 2. The Kier molecular flexibility index (Phi) is 4.79. The third kappa shape index (κ3) is 3.85. The summed E-state index contributed by atoms with van der Waals surface area (Å²) in [5.41, 5.74) is 3.57. The molecule has 3 aromatic rings. The molecule has 0 aliphatic carbocycles. The number of hydrogen-bond acceptors (Lipinski definition) is 5. The van der Waals surface area contributed by atoms with Crippen LogP contribution >= 0.6 is 0 Å². The summed E-state index contributed by atoms with van der Waals surface area (Å²) in [6.45, 7) is 3.93. The van der Waals surface area contributed by atoms with Crippen LogP contribution in [0.4, 0.5) is 5.69 Å². The van der Waals surface area contributed by atoms with Crippen molar-refractivity contribution in [3.05, 3.63) is 59.4 Å². The lowest BCUT2D eigenvalue weighted by Crippen LogP contribution is -2.16. The fourth-order valence-corrected chi connectivity index (χ4v) is 2.47. The van der Waals surface area contributed by atoms with Crippen LogP contribution in [0.25, 0.3) is 11.5 Å². The van der Waals surface area contributed by atoms with Crippen LogP contribution in [-0.2, 0) is 11.2 Å². The second-order valence-electron chi connectivity index (χ2n) is 5.76. The smallest absolute Gasteiger partial charge is 0.261 e. The first-order valence-electron chi connectivity index (χ1n) is 7.90. The lowest BCUT2D eigenvalue weighted by atomic mass is 10.1. The maximum atomic E-state index is 12.3. The van der Waals surface area contributed by atoms with E-state index in [-0.39, 0.29) is 12.3 Å². The Morgan fingerprint density at radius 1 is 1.20 bits per heavy atom. The Hall–Kier alpha value is -3.15. The number of nitrogens with zero attached hydrogens (tertiary/aromatic N) is 2. The quantitative estimate of drug-likeness (QED) is 0.770. The number of ether oxygens (including phenoxy) is 1. The van der Waals surface area contributed by atoms with E-state index in [1.807, 2.05) is 56.3 Å². The molecule has 6 heteroatoms. The molecule has 6 nitrogen and oxygen atoms in total. The van der Waals surface area contributed by atoms with Gasteiger partial charge < -0.3 is 14.6 Å². The van der Waals surface area contributed by atoms with Gasteiger partial charge in [-0.25, -0.2) is 0 Å². The maximum absolute atomic E-state index is 12.3. The van der Waals surface area contributed by atoms with Crippen LogP contribution in [0.1, 0.15) is 17.0 Å². The fourth-order valence-electron chi connectivity index (χ4n) is 2.47. The molecule has 1 heterocycles. The number of anilines is 1. The second-order valence-corrected chi connectivity index (χ2v) is 5.76. The van der Waals surface area contributed by atoms with Gasteiger partial charge in [0.2, 0.25) is 5.91 Å². The van der Waals surface area contributed by atoms with Crippen LogP contribution in [0.15, 0.2) is 47.0 Å². The number of carbonyl (C=O) groups is 1. The standard InChI is InChI=1S/C19H19N3O3/c1-12-8-9-13(2)15(10-12)20-18(23)11-17-21-19(25-22-17)14-6-4-5-7-16(14)24-3/h4-10H,11H2,1-3H3,(H,20,23). The third-order valence-electron chi connectivity index (χ3n) is 3.79. The molecule has 0 unspecified atom stereocenters. The van der Waals surface area contributed by atoms with Crippen molar-refractivity contribution in [2.75, 3.05) is 12.4 Å². The minimum Gasteiger partial charge on any atom is -0.496 e. The lowest BCUT2D eigenvalue weighted by molar-refractivity contribution is -0.115. The minimum absolute atomic E-state index is 0.0338. The number of hydrogen-bond donors (Lipinski definition) is 1. The normalized spacial score (nSPS) is 10.5. The van der Waals surface area contributed by atoms with E-state index in [2.05, 4.69) is 15.5 Å². The molecule has 0 aliphatic rings. The zero-order valence-electron chi connectivity index (χ0n) is 14.4. The first-order valence-corrected chi connectivity index (χ1v) is 7.90. The number of nitrogens with one attached hydrogen (secondary N) is 1. The first-order chi connectivity index (χ1) is 12.1. The van der Waals surface area contributed by atoms with Crippen LogP contribution in [0.5, 0.6) is 5.75 Å². The zero-order valence-corrected chi connectivity index (χ0v) is 14.4. The van der Waals surface area contributed by atoms with Gasteiger partial charge in [0.05, 0.1) is 19.1 Å². The van der Waals surface area contributed by atoms with Crippen LogP contribution in [0, 0.1) is 13.8 Å². The molecule has 0 radical (unpaired) electrons. The lowest BCUT2D eigenvalue weighted by Gasteiger charge is -2.08. The predicted octanol–water partition coefficient (Wildman–Crippen LogP) is 3.54. The molecule has 3 rings (SSSR count). The van der Waals surface area contributed by atoms with Gasteiger partial charge in [-0.05, 0) is 43.2 Å². The molecule has 0 aliphatic heterocycles. The predicted molar refractivity (Wildman–Crippen MR) is 94.5 cm³/mol. The summed E-state index contributed by atoms with van der Waals surface area (Å²) < 4.78 is 10.6. The summed E-state index contributed by atoms with van der Waals surface area (Å²) in [6, 6.07) is 13.3. The Balaban J connectivity index is 1.73. The van der Waals surface area contributed by atoms with E-state index >= 15 is 0 Å². The van der Waals surface area contributed by atoms with E-state index in [9.17, 15) is 4.79 Å². The molecule has 128 valence electrons. The van der Waals surface area contributed by atoms with E-state index in [0.717, 1.165) is 16.8 Å². The number of para-hydroxylation sites is 1. The summed E-state index contributed by atoms with van der Waals surface area (Å²) in [6.07, 6.45) is 0.0338. The van der Waals surface area contributed by atoms with Crippen molar-refractivity contribution in [2.45, 2.75) is 20.3 Å². The van der Waals surface area contributed by atoms with Gasteiger partial charge in [0, 0.05) is 5.69 Å². The van der Waals surface area contributed by atoms with Gasteiger partial charge >= 0.3 is 0 Å². The summed E-state index contributed by atoms with van der Waals surface area (Å²) in [5.74, 6) is 1.09. The second kappa shape index (κ2) is 7.17. The number of carbonyl (C=O) groups excluding carboxylic acids is 1. The van der Waals surface area contributed by atoms with Crippen molar-refractivity contribution in [1.82, 2.24) is 10.1 Å². The highest BCUT2D eigenvalue weighted by Crippen LogP contribution is 2.28. The number of rotatable bonds is 5. The SMILES string of the molecule is COc1ccccc1-c1nc(CC(=O)Nc2cc(C)ccc2C)no1. The molecule has 0 saturated heterocycles. The minimum atomic E-state index is -0.193. The zero-order chi connectivity index (χ0) is 17.8. The molecule has 0 bridgehead atoms. The summed E-state index contributed by atoms with van der Waals surface area (Å²) >= 11 is 0. The number of benzene rings is 2. The van der Waals surface area contributed by atoms with Crippen molar-refractivity contribution in [3.8, 4) is 17.2 Å². The highest BCUT2D eigenvalue weighted by molar-refractivity contribution is 5.92. The topological polar surface area (TPSA) is 77.2 Å². The molecule has 0 fully saturated rings. The van der Waals surface area contributed by atoms with E-state index in [1.54, 1.807) is 7.11 Å². The number of amides is 1. The maximum Gasteiger partial charge on any atom is 0.261 e. The van der Waals surface area contributed by atoms with Crippen LogP contribution in [-0.4, -0.2) is 23.2 Å². The molecule has 0 spiro atoms. The molecule has 25 heavy (non-hydrogen) atoms. The van der Waals surface area contributed by atoms with Gasteiger partial charge in [-0.2, -0.15) is 4.98 Å². The van der Waals surface area contributed by atoms with Gasteiger partial charge in [-0.15, -0.1) is 0 Å². The van der Waals surface area contributed by atoms with Crippen LogP contribution < -0.4 is 10.1 Å². The molecule has 0 saturated carbocycles. The first kappa shape index (κ1) is 16.7. The monoisotopic (exact) mass is 337 g/mol. The van der Waals surface area contributed by atoms with E-state index < -0.39 is 0 Å². The highest BCUT2D eigenvalue weighted by Gasteiger charge is 2.15. The average Bonchev–Trinajstić information content (AvgIpc) is 3.06. The summed E-state index contributed by atoms with van der Waals surface area (Å²) in [5, 5.41) is 6.77. The van der Waals surface area contributed by atoms with Crippen LogP contribution in [0.2, 0.25) is 0 Å². The Bertz CT molecular complexity index is 902.